The van der Waals surface area contributed by atoms with E-state index in [0.717, 1.165) is 5.75 Å². The molecule has 2 rings (SSSR count). The summed E-state index contributed by atoms with van der Waals surface area (Å²) in [5.41, 5.74) is 0.782. The molecule has 2 aromatic rings. The zero-order chi connectivity index (χ0) is 18.1. The summed E-state index contributed by atoms with van der Waals surface area (Å²) in [6.07, 6.45) is 0. The topological polar surface area (TPSA) is 61.8 Å². The largest absolute Gasteiger partial charge is 0.490 e. The third kappa shape index (κ3) is 6.30. The van der Waals surface area contributed by atoms with E-state index >= 15 is 0 Å². The van der Waals surface area contributed by atoms with Crippen molar-refractivity contribution in [1.82, 2.24) is 0 Å². The molecule has 25 heavy (non-hydrogen) atoms. The first kappa shape index (κ1) is 18.5. The van der Waals surface area contributed by atoms with Crippen molar-refractivity contribution in [3.63, 3.8) is 0 Å². The predicted octanol–water partition coefficient (Wildman–Crippen LogP) is 3.74. The molecule has 0 aliphatic carbocycles. The van der Waals surface area contributed by atoms with Crippen LogP contribution in [0.1, 0.15) is 34.6 Å². The van der Waals surface area contributed by atoms with Gasteiger partial charge in [-0.25, -0.2) is 9.59 Å². The van der Waals surface area contributed by atoms with Crippen molar-refractivity contribution in [2.24, 2.45) is 5.92 Å². The second kappa shape index (κ2) is 9.47. The highest BCUT2D eigenvalue weighted by atomic mass is 16.6. The Morgan fingerprint density at radius 3 is 1.92 bits per heavy atom. The van der Waals surface area contributed by atoms with Crippen molar-refractivity contribution in [2.45, 2.75) is 13.8 Å². The molecular formula is C20H22O5. The van der Waals surface area contributed by atoms with E-state index in [-0.39, 0.29) is 19.1 Å². The van der Waals surface area contributed by atoms with E-state index in [0.29, 0.717) is 17.7 Å². The lowest BCUT2D eigenvalue weighted by Gasteiger charge is -2.08. The zero-order valence-corrected chi connectivity index (χ0v) is 14.4. The molecule has 0 aromatic heterocycles. The van der Waals surface area contributed by atoms with Crippen LogP contribution in [0.4, 0.5) is 0 Å². The molecule has 0 saturated heterocycles. The van der Waals surface area contributed by atoms with Crippen LogP contribution in [0.2, 0.25) is 0 Å². The Morgan fingerprint density at radius 2 is 1.36 bits per heavy atom. The fourth-order valence-electron chi connectivity index (χ4n) is 1.96. The second-order valence-corrected chi connectivity index (χ2v) is 5.87. The summed E-state index contributed by atoms with van der Waals surface area (Å²) in [5, 5.41) is 0. The molecule has 0 bridgehead atoms. The van der Waals surface area contributed by atoms with Gasteiger partial charge in [0.25, 0.3) is 0 Å². The summed E-state index contributed by atoms with van der Waals surface area (Å²) < 4.78 is 15.7. The number of esters is 2. The lowest BCUT2D eigenvalue weighted by atomic mass is 10.1. The van der Waals surface area contributed by atoms with Crippen LogP contribution in [-0.2, 0) is 9.47 Å². The lowest BCUT2D eigenvalue weighted by Crippen LogP contribution is -2.13. The smallest absolute Gasteiger partial charge is 0.338 e. The molecule has 132 valence electrons. The minimum absolute atomic E-state index is 0.145. The average molecular weight is 342 g/mol. The highest BCUT2D eigenvalue weighted by Crippen LogP contribution is 2.10. The number of ether oxygens (including phenoxy) is 3. The van der Waals surface area contributed by atoms with E-state index in [1.54, 1.807) is 24.3 Å². The summed E-state index contributed by atoms with van der Waals surface area (Å²) in [6.45, 7) is 4.72. The summed E-state index contributed by atoms with van der Waals surface area (Å²) in [7, 11) is 0. The number of para-hydroxylation sites is 1. The minimum atomic E-state index is -0.459. The van der Waals surface area contributed by atoms with Crippen LogP contribution in [0.15, 0.2) is 54.6 Å². The van der Waals surface area contributed by atoms with E-state index in [2.05, 4.69) is 0 Å². The van der Waals surface area contributed by atoms with Gasteiger partial charge in [-0.1, -0.05) is 32.0 Å². The maximum absolute atomic E-state index is 12.0. The van der Waals surface area contributed by atoms with E-state index in [4.69, 9.17) is 14.2 Å². The minimum Gasteiger partial charge on any atom is -0.490 e. The molecule has 0 radical (unpaired) electrons. The Hall–Kier alpha value is -2.82. The molecule has 5 heteroatoms. The molecule has 0 unspecified atom stereocenters. The summed E-state index contributed by atoms with van der Waals surface area (Å²) in [6, 6.07) is 15.5. The molecule has 5 nitrogen and oxygen atoms in total. The highest BCUT2D eigenvalue weighted by molar-refractivity contribution is 5.93. The van der Waals surface area contributed by atoms with E-state index in [1.807, 2.05) is 44.2 Å². The normalized spacial score (nSPS) is 10.4. The van der Waals surface area contributed by atoms with Crippen LogP contribution >= 0.6 is 0 Å². The maximum Gasteiger partial charge on any atom is 0.338 e. The van der Waals surface area contributed by atoms with Crippen LogP contribution in [-0.4, -0.2) is 31.8 Å². The van der Waals surface area contributed by atoms with Crippen molar-refractivity contribution < 1.29 is 23.8 Å². The number of carbonyl (C=O) groups excluding carboxylic acids is 2. The number of carbonyl (C=O) groups is 2. The van der Waals surface area contributed by atoms with Crippen LogP contribution in [0, 0.1) is 5.92 Å². The third-order valence-corrected chi connectivity index (χ3v) is 3.23. The van der Waals surface area contributed by atoms with Crippen LogP contribution in [0.5, 0.6) is 5.75 Å². The predicted molar refractivity (Wildman–Crippen MR) is 93.8 cm³/mol. The number of hydrogen-bond donors (Lipinski definition) is 0. The van der Waals surface area contributed by atoms with Crippen molar-refractivity contribution in [3.05, 3.63) is 65.7 Å². The SMILES string of the molecule is CC(C)COC(=O)c1ccc(C(=O)OCCOc2ccccc2)cc1. The zero-order valence-electron chi connectivity index (χ0n) is 14.4. The fraction of sp³-hybridized carbons (Fsp3) is 0.300. The van der Waals surface area contributed by atoms with Gasteiger partial charge in [0, 0.05) is 0 Å². The fourth-order valence-corrected chi connectivity index (χ4v) is 1.96. The van der Waals surface area contributed by atoms with E-state index < -0.39 is 11.9 Å². The highest BCUT2D eigenvalue weighted by Gasteiger charge is 2.11. The van der Waals surface area contributed by atoms with Crippen molar-refractivity contribution in [3.8, 4) is 5.75 Å². The van der Waals surface area contributed by atoms with Crippen LogP contribution < -0.4 is 4.74 Å². The molecule has 2 aromatic carbocycles. The monoisotopic (exact) mass is 342 g/mol. The van der Waals surface area contributed by atoms with Crippen molar-refractivity contribution in [1.29, 1.82) is 0 Å². The average Bonchev–Trinajstić information content (AvgIpc) is 2.64. The van der Waals surface area contributed by atoms with Gasteiger partial charge < -0.3 is 14.2 Å². The maximum atomic E-state index is 12.0. The van der Waals surface area contributed by atoms with Gasteiger partial charge in [0.1, 0.15) is 19.0 Å². The van der Waals surface area contributed by atoms with Gasteiger partial charge in [0.05, 0.1) is 17.7 Å². The Kier molecular flexibility index (Phi) is 7.01. The molecule has 0 fully saturated rings. The summed E-state index contributed by atoms with van der Waals surface area (Å²) >= 11 is 0. The van der Waals surface area contributed by atoms with Crippen molar-refractivity contribution >= 4 is 11.9 Å². The Balaban J connectivity index is 1.77. The van der Waals surface area contributed by atoms with Crippen LogP contribution in [0.25, 0.3) is 0 Å². The van der Waals surface area contributed by atoms with Gasteiger partial charge in [0.2, 0.25) is 0 Å². The quantitative estimate of drug-likeness (QED) is 0.540. The number of hydrogen-bond acceptors (Lipinski definition) is 5. The summed E-state index contributed by atoms with van der Waals surface area (Å²) in [5.74, 6) is 0.141. The molecule has 0 atom stereocenters. The van der Waals surface area contributed by atoms with E-state index in [1.165, 1.54) is 0 Å². The number of rotatable bonds is 8. The molecule has 0 aliphatic heterocycles. The van der Waals surface area contributed by atoms with Gasteiger partial charge in [0.15, 0.2) is 0 Å². The first-order valence-corrected chi connectivity index (χ1v) is 8.18. The second-order valence-electron chi connectivity index (χ2n) is 5.87. The molecule has 0 spiro atoms. The van der Waals surface area contributed by atoms with Gasteiger partial charge in [-0.05, 0) is 42.3 Å². The van der Waals surface area contributed by atoms with Gasteiger partial charge in [-0.3, -0.25) is 0 Å². The Bertz CT molecular complexity index is 677. The molecule has 0 amide bonds. The molecule has 0 heterocycles. The van der Waals surface area contributed by atoms with Gasteiger partial charge >= 0.3 is 11.9 Å². The standard InChI is InChI=1S/C20H22O5/c1-15(2)14-25-20(22)17-10-8-16(9-11-17)19(21)24-13-12-23-18-6-4-3-5-7-18/h3-11,15H,12-14H2,1-2H3. The van der Waals surface area contributed by atoms with Gasteiger partial charge in [-0.2, -0.15) is 0 Å². The Morgan fingerprint density at radius 1 is 0.800 bits per heavy atom. The molecular weight excluding hydrogens is 320 g/mol. The third-order valence-electron chi connectivity index (χ3n) is 3.23. The Labute approximate surface area is 147 Å². The number of benzene rings is 2. The lowest BCUT2D eigenvalue weighted by molar-refractivity contribution is 0.0441. The first-order chi connectivity index (χ1) is 12.1. The van der Waals surface area contributed by atoms with E-state index in [9.17, 15) is 9.59 Å². The first-order valence-electron chi connectivity index (χ1n) is 8.18. The molecule has 0 saturated carbocycles. The van der Waals surface area contributed by atoms with Gasteiger partial charge in [-0.15, -0.1) is 0 Å². The van der Waals surface area contributed by atoms with Crippen LogP contribution in [0.3, 0.4) is 0 Å². The molecule has 0 aliphatic rings. The molecule has 0 N–H and O–H groups in total. The van der Waals surface area contributed by atoms with Crippen molar-refractivity contribution in [2.75, 3.05) is 19.8 Å². The summed E-state index contributed by atoms with van der Waals surface area (Å²) in [4.78, 5) is 23.8.